The number of ether oxygens (including phenoxy) is 1. The van der Waals surface area contributed by atoms with Gasteiger partial charge in [0.1, 0.15) is 5.82 Å². The maximum atomic E-state index is 14.9. The van der Waals surface area contributed by atoms with Gasteiger partial charge in [0.15, 0.2) is 5.78 Å². The van der Waals surface area contributed by atoms with Crippen LogP contribution in [0.2, 0.25) is 0 Å². The Morgan fingerprint density at radius 3 is 2.69 bits per heavy atom. The molecule has 32 heavy (non-hydrogen) atoms. The third kappa shape index (κ3) is 3.53. The fourth-order valence-corrected chi connectivity index (χ4v) is 6.57. The number of halogens is 1. The van der Waals surface area contributed by atoms with Gasteiger partial charge in [0, 0.05) is 49.7 Å². The van der Waals surface area contributed by atoms with Gasteiger partial charge in [-0.15, -0.1) is 0 Å². The summed E-state index contributed by atoms with van der Waals surface area (Å²) < 4.78 is 20.2. The highest BCUT2D eigenvalue weighted by atomic mass is 19.1. The number of hydrogen-bond donors (Lipinski definition) is 1. The molecule has 0 radical (unpaired) electrons. The van der Waals surface area contributed by atoms with E-state index < -0.39 is 5.92 Å². The van der Waals surface area contributed by atoms with E-state index in [2.05, 4.69) is 21.2 Å². The first kappa shape index (κ1) is 20.6. The summed E-state index contributed by atoms with van der Waals surface area (Å²) in [7, 11) is 0. The van der Waals surface area contributed by atoms with Crippen LogP contribution in [0.1, 0.15) is 31.2 Å². The lowest BCUT2D eigenvalue weighted by atomic mass is 9.71. The van der Waals surface area contributed by atoms with E-state index in [1.54, 1.807) is 12.1 Å². The molecule has 4 saturated heterocycles. The summed E-state index contributed by atoms with van der Waals surface area (Å²) in [6.45, 7) is 5.91. The minimum Gasteiger partial charge on any atom is -0.378 e. The normalized spacial score (nSPS) is 31.6. The molecule has 4 atom stereocenters. The zero-order valence-electron chi connectivity index (χ0n) is 18.4. The van der Waals surface area contributed by atoms with Gasteiger partial charge in [-0.1, -0.05) is 6.07 Å². The largest absolute Gasteiger partial charge is 0.378 e. The van der Waals surface area contributed by atoms with Gasteiger partial charge in [-0.3, -0.25) is 9.69 Å². The van der Waals surface area contributed by atoms with E-state index in [1.165, 1.54) is 0 Å². The maximum Gasteiger partial charge on any atom is 0.151 e. The van der Waals surface area contributed by atoms with Crippen molar-refractivity contribution in [2.75, 3.05) is 44.3 Å². The quantitative estimate of drug-likeness (QED) is 0.704. The summed E-state index contributed by atoms with van der Waals surface area (Å²) >= 11 is 0. The van der Waals surface area contributed by atoms with Gasteiger partial charge in [0.25, 0.3) is 0 Å². The summed E-state index contributed by atoms with van der Waals surface area (Å²) in [5.41, 5.74) is 1.81. The van der Waals surface area contributed by atoms with Crippen LogP contribution >= 0.6 is 0 Å². The molecule has 5 fully saturated rings. The molecular weight excluding hydrogens is 407 g/mol. The standard InChI is InChI=1S/C25H31FN4O2/c26-22-8-20(29-12-25(13-29)14-30(15-25)21-10-32-11-21)4-2-17(22)5-16(9-27)6-23(31)24-18-1-3-19(7-18)28-24/h2,4,8,16,18-19,21,24,28H,1,3,5-7,10-15H2/t16-,18+,19-,24+/m1/s1. The predicted octanol–water partition coefficient (Wildman–Crippen LogP) is 2.13. The van der Waals surface area contributed by atoms with Crippen LogP contribution in [-0.4, -0.2) is 68.2 Å². The van der Waals surface area contributed by atoms with Crippen LogP contribution in [0.15, 0.2) is 18.2 Å². The second-order valence-electron chi connectivity index (χ2n) is 10.8. The van der Waals surface area contributed by atoms with Crippen LogP contribution in [0.3, 0.4) is 0 Å². The molecule has 6 rings (SSSR count). The first-order valence-corrected chi connectivity index (χ1v) is 12.1. The number of likely N-dealkylation sites (tertiary alicyclic amines) is 1. The van der Waals surface area contributed by atoms with Crippen LogP contribution in [0.5, 0.6) is 0 Å². The summed E-state index contributed by atoms with van der Waals surface area (Å²) in [5, 5.41) is 13.0. The Labute approximate surface area is 188 Å². The first-order chi connectivity index (χ1) is 15.5. The van der Waals surface area contributed by atoms with Crippen LogP contribution in [0, 0.1) is 34.4 Å². The maximum absolute atomic E-state index is 14.9. The number of benzene rings is 1. The fourth-order valence-electron chi connectivity index (χ4n) is 6.57. The molecule has 4 heterocycles. The Kier molecular flexibility index (Phi) is 5.01. The molecule has 6 nitrogen and oxygen atoms in total. The number of nitrogens with zero attached hydrogens (tertiary/aromatic N) is 3. The van der Waals surface area contributed by atoms with Crippen molar-refractivity contribution in [3.63, 3.8) is 0 Å². The van der Waals surface area contributed by atoms with E-state index in [1.807, 2.05) is 6.07 Å². The molecule has 0 amide bonds. The van der Waals surface area contributed by atoms with Crippen molar-refractivity contribution in [1.82, 2.24) is 10.2 Å². The van der Waals surface area contributed by atoms with Crippen molar-refractivity contribution in [3.05, 3.63) is 29.6 Å². The minimum absolute atomic E-state index is 0.102. The van der Waals surface area contributed by atoms with Crippen LogP contribution in [0.25, 0.3) is 0 Å². The zero-order valence-corrected chi connectivity index (χ0v) is 18.4. The highest BCUT2D eigenvalue weighted by molar-refractivity contribution is 5.85. The monoisotopic (exact) mass is 438 g/mol. The Balaban J connectivity index is 1.03. The van der Waals surface area contributed by atoms with E-state index in [0.29, 0.717) is 29.0 Å². The molecule has 1 aromatic carbocycles. The molecule has 1 aliphatic carbocycles. The summed E-state index contributed by atoms with van der Waals surface area (Å²) in [5.74, 6) is -0.203. The van der Waals surface area contributed by atoms with Crippen molar-refractivity contribution >= 4 is 11.5 Å². The smallest absolute Gasteiger partial charge is 0.151 e. The van der Waals surface area contributed by atoms with Crippen LogP contribution < -0.4 is 10.2 Å². The van der Waals surface area contributed by atoms with Gasteiger partial charge in [-0.2, -0.15) is 5.26 Å². The summed E-state index contributed by atoms with van der Waals surface area (Å²) in [4.78, 5) is 17.5. The SMILES string of the molecule is N#C[C@@H](CC(=O)[C@H]1N[C@@H]2CC[C@H]1C2)Cc1ccc(N2CC3(C2)CN(C2COC2)C3)cc1F. The van der Waals surface area contributed by atoms with Gasteiger partial charge in [-0.05, 0) is 49.3 Å². The number of fused-ring (bicyclic) bond motifs is 2. The lowest BCUT2D eigenvalue weighted by Crippen LogP contribution is -2.75. The number of nitriles is 1. The van der Waals surface area contributed by atoms with E-state index in [-0.39, 0.29) is 30.5 Å². The Hall–Kier alpha value is -2.01. The molecule has 1 aromatic rings. The Morgan fingerprint density at radius 2 is 2.09 bits per heavy atom. The molecule has 1 N–H and O–H groups in total. The number of anilines is 1. The van der Waals surface area contributed by atoms with Crippen LogP contribution in [0.4, 0.5) is 10.1 Å². The molecular formula is C25H31FN4O2. The van der Waals surface area contributed by atoms with Crippen LogP contribution in [-0.2, 0) is 16.0 Å². The van der Waals surface area contributed by atoms with E-state index >= 15 is 0 Å². The number of piperidine rings is 1. The van der Waals surface area contributed by atoms with Gasteiger partial charge >= 0.3 is 0 Å². The number of Topliss-reactive ketones (excluding diaryl/α,β-unsaturated/α-hetero) is 1. The first-order valence-electron chi connectivity index (χ1n) is 12.1. The van der Waals surface area contributed by atoms with E-state index in [4.69, 9.17) is 4.74 Å². The third-order valence-electron chi connectivity index (χ3n) is 8.47. The number of carbonyl (C=O) groups is 1. The van der Waals surface area contributed by atoms with Crippen molar-refractivity contribution in [2.24, 2.45) is 17.3 Å². The molecule has 1 saturated carbocycles. The number of rotatable bonds is 7. The van der Waals surface area contributed by atoms with Crippen molar-refractivity contribution in [2.45, 2.75) is 50.2 Å². The number of hydrogen-bond acceptors (Lipinski definition) is 6. The Morgan fingerprint density at radius 1 is 1.28 bits per heavy atom. The molecule has 7 heteroatoms. The minimum atomic E-state index is -0.479. The average molecular weight is 439 g/mol. The van der Waals surface area contributed by atoms with Gasteiger partial charge in [-0.25, -0.2) is 4.39 Å². The zero-order chi connectivity index (χ0) is 21.9. The number of ketones is 1. The molecule has 2 bridgehead atoms. The predicted molar refractivity (Wildman–Crippen MR) is 118 cm³/mol. The van der Waals surface area contributed by atoms with E-state index in [0.717, 1.165) is 64.3 Å². The van der Waals surface area contributed by atoms with E-state index in [9.17, 15) is 14.4 Å². The Bertz CT molecular complexity index is 944. The molecule has 0 unspecified atom stereocenters. The third-order valence-corrected chi connectivity index (χ3v) is 8.47. The fraction of sp³-hybridized carbons (Fsp3) is 0.680. The summed E-state index contributed by atoms with van der Waals surface area (Å²) in [6.07, 6.45) is 3.83. The molecule has 4 aliphatic heterocycles. The second kappa shape index (κ2) is 7.79. The lowest BCUT2D eigenvalue weighted by molar-refractivity contribution is -0.137. The van der Waals surface area contributed by atoms with Crippen molar-refractivity contribution in [3.8, 4) is 6.07 Å². The molecule has 0 aromatic heterocycles. The topological polar surface area (TPSA) is 68.6 Å². The van der Waals surface area contributed by atoms with Gasteiger partial charge in [0.05, 0.1) is 37.3 Å². The van der Waals surface area contributed by atoms with Gasteiger partial charge < -0.3 is 15.0 Å². The van der Waals surface area contributed by atoms with Crippen molar-refractivity contribution < 1.29 is 13.9 Å². The number of nitrogens with one attached hydrogen (secondary N) is 1. The van der Waals surface area contributed by atoms with Gasteiger partial charge in [0.2, 0.25) is 0 Å². The highest BCUT2D eigenvalue weighted by Gasteiger charge is 2.54. The molecule has 1 spiro atoms. The second-order valence-corrected chi connectivity index (χ2v) is 10.8. The average Bonchev–Trinajstić information content (AvgIpc) is 3.31. The van der Waals surface area contributed by atoms with Crippen molar-refractivity contribution in [1.29, 1.82) is 5.26 Å². The number of carbonyl (C=O) groups excluding carboxylic acids is 1. The lowest BCUT2D eigenvalue weighted by Gasteiger charge is -2.63. The highest BCUT2D eigenvalue weighted by Crippen LogP contribution is 2.43. The molecule has 5 aliphatic rings. The molecule has 170 valence electrons. The summed E-state index contributed by atoms with van der Waals surface area (Å²) in [6, 6.07) is 8.59.